The van der Waals surface area contributed by atoms with Crippen molar-refractivity contribution in [2.45, 2.75) is 45.7 Å². The van der Waals surface area contributed by atoms with Crippen molar-refractivity contribution in [3.8, 4) is 0 Å². The Labute approximate surface area is 142 Å². The smallest absolute Gasteiger partial charge is 0.138 e. The SMILES string of the molecule is Cc1noc(C)c1CN1Cc2cnn(C)c2[C@H](COCC2CC2)C1. The largest absolute Gasteiger partial charge is 0.380 e. The molecule has 130 valence electrons. The molecule has 1 saturated carbocycles. The molecule has 0 unspecified atom stereocenters. The molecule has 6 nitrogen and oxygen atoms in total. The molecule has 1 atom stereocenters. The van der Waals surface area contributed by atoms with Crippen LogP contribution in [0.1, 0.15) is 47.0 Å². The van der Waals surface area contributed by atoms with E-state index in [1.165, 1.54) is 29.7 Å². The Kier molecular flexibility index (Phi) is 4.18. The molecule has 0 N–H and O–H groups in total. The van der Waals surface area contributed by atoms with Gasteiger partial charge in [0.25, 0.3) is 0 Å². The molecule has 0 bridgehead atoms. The summed E-state index contributed by atoms with van der Waals surface area (Å²) in [7, 11) is 2.04. The number of ether oxygens (including phenoxy) is 1. The number of nitrogens with zero attached hydrogens (tertiary/aromatic N) is 4. The molecule has 2 aromatic rings. The van der Waals surface area contributed by atoms with Gasteiger partial charge in [-0.2, -0.15) is 5.10 Å². The van der Waals surface area contributed by atoms with E-state index in [9.17, 15) is 0 Å². The molecule has 0 aromatic carbocycles. The van der Waals surface area contributed by atoms with Gasteiger partial charge < -0.3 is 9.26 Å². The third kappa shape index (κ3) is 3.13. The minimum absolute atomic E-state index is 0.375. The molecule has 2 aromatic heterocycles. The fraction of sp³-hybridized carbons (Fsp3) is 0.667. The van der Waals surface area contributed by atoms with Crippen molar-refractivity contribution in [1.29, 1.82) is 0 Å². The lowest BCUT2D eigenvalue weighted by Gasteiger charge is -2.33. The Morgan fingerprint density at radius 1 is 1.29 bits per heavy atom. The highest BCUT2D eigenvalue weighted by Crippen LogP contribution is 2.32. The van der Waals surface area contributed by atoms with Crippen molar-refractivity contribution in [3.05, 3.63) is 34.5 Å². The highest BCUT2D eigenvalue weighted by Gasteiger charge is 2.30. The first-order valence-corrected chi connectivity index (χ1v) is 8.84. The van der Waals surface area contributed by atoms with Gasteiger partial charge in [-0.15, -0.1) is 0 Å². The minimum atomic E-state index is 0.375. The fourth-order valence-corrected chi connectivity index (χ4v) is 3.71. The van der Waals surface area contributed by atoms with Crippen LogP contribution >= 0.6 is 0 Å². The fourth-order valence-electron chi connectivity index (χ4n) is 3.71. The normalized spacial score (nSPS) is 21.2. The number of aryl methyl sites for hydroxylation is 3. The minimum Gasteiger partial charge on any atom is -0.380 e. The van der Waals surface area contributed by atoms with Crippen molar-refractivity contribution in [2.24, 2.45) is 13.0 Å². The second kappa shape index (κ2) is 6.33. The quantitative estimate of drug-likeness (QED) is 0.815. The van der Waals surface area contributed by atoms with E-state index in [1.807, 2.05) is 31.8 Å². The van der Waals surface area contributed by atoms with Crippen LogP contribution in [-0.4, -0.2) is 39.6 Å². The molecule has 2 aliphatic rings. The predicted molar refractivity (Wildman–Crippen MR) is 89.6 cm³/mol. The topological polar surface area (TPSA) is 56.3 Å². The summed E-state index contributed by atoms with van der Waals surface area (Å²) in [6.45, 7) is 8.48. The standard InChI is InChI=1S/C18H26N4O2/c1-12-17(13(2)24-20-12)9-22-7-15-6-19-21(3)18(15)16(8-22)11-23-10-14-4-5-14/h6,14,16H,4-5,7-11H2,1-3H3/t16-/m0/s1. The summed E-state index contributed by atoms with van der Waals surface area (Å²) in [6, 6.07) is 0. The Hall–Kier alpha value is -1.66. The summed E-state index contributed by atoms with van der Waals surface area (Å²) in [4.78, 5) is 2.46. The number of rotatable bonds is 6. The highest BCUT2D eigenvalue weighted by atomic mass is 16.5. The van der Waals surface area contributed by atoms with Gasteiger partial charge in [-0.3, -0.25) is 9.58 Å². The predicted octanol–water partition coefficient (Wildman–Crippen LogP) is 2.55. The van der Waals surface area contributed by atoms with E-state index in [2.05, 4.69) is 15.2 Å². The summed E-state index contributed by atoms with van der Waals surface area (Å²) in [6.07, 6.45) is 4.67. The third-order valence-corrected chi connectivity index (χ3v) is 5.26. The molecule has 0 radical (unpaired) electrons. The zero-order valence-electron chi connectivity index (χ0n) is 14.8. The molecule has 4 rings (SSSR count). The van der Waals surface area contributed by atoms with Crippen LogP contribution in [-0.2, 0) is 24.9 Å². The molecule has 24 heavy (non-hydrogen) atoms. The van der Waals surface area contributed by atoms with Crippen molar-refractivity contribution in [1.82, 2.24) is 19.8 Å². The Morgan fingerprint density at radius 3 is 2.83 bits per heavy atom. The molecule has 1 aliphatic heterocycles. The first-order chi connectivity index (χ1) is 11.6. The molecule has 0 saturated heterocycles. The van der Waals surface area contributed by atoms with Gasteiger partial charge >= 0.3 is 0 Å². The van der Waals surface area contributed by atoms with E-state index in [-0.39, 0.29) is 0 Å². The molecule has 6 heteroatoms. The van der Waals surface area contributed by atoms with Crippen molar-refractivity contribution in [2.75, 3.05) is 19.8 Å². The van der Waals surface area contributed by atoms with E-state index in [0.717, 1.165) is 50.2 Å². The maximum absolute atomic E-state index is 6.01. The van der Waals surface area contributed by atoms with Gasteiger partial charge in [0.05, 0.1) is 18.5 Å². The molecule has 0 spiro atoms. The van der Waals surface area contributed by atoms with Gasteiger partial charge in [-0.05, 0) is 32.6 Å². The van der Waals surface area contributed by atoms with E-state index in [4.69, 9.17) is 9.26 Å². The van der Waals surface area contributed by atoms with Crippen LogP contribution in [0.25, 0.3) is 0 Å². The number of hydrogen-bond acceptors (Lipinski definition) is 5. The van der Waals surface area contributed by atoms with Crippen molar-refractivity contribution >= 4 is 0 Å². The van der Waals surface area contributed by atoms with Gasteiger partial charge in [0.1, 0.15) is 5.76 Å². The zero-order chi connectivity index (χ0) is 16.7. The first-order valence-electron chi connectivity index (χ1n) is 8.84. The van der Waals surface area contributed by atoms with Crippen LogP contribution in [0.3, 0.4) is 0 Å². The van der Waals surface area contributed by atoms with Crippen LogP contribution in [0.5, 0.6) is 0 Å². The second-order valence-corrected chi connectivity index (χ2v) is 7.33. The lowest BCUT2D eigenvalue weighted by atomic mass is 9.96. The van der Waals surface area contributed by atoms with Gasteiger partial charge in [0.15, 0.2) is 0 Å². The van der Waals surface area contributed by atoms with Crippen LogP contribution < -0.4 is 0 Å². The molecule has 1 aliphatic carbocycles. The van der Waals surface area contributed by atoms with Gasteiger partial charge in [-0.1, -0.05) is 5.16 Å². The van der Waals surface area contributed by atoms with Gasteiger partial charge in [0.2, 0.25) is 0 Å². The summed E-state index contributed by atoms with van der Waals surface area (Å²) >= 11 is 0. The zero-order valence-corrected chi connectivity index (χ0v) is 14.8. The number of fused-ring (bicyclic) bond motifs is 1. The monoisotopic (exact) mass is 330 g/mol. The Bertz CT molecular complexity index is 697. The Balaban J connectivity index is 1.49. The first kappa shape index (κ1) is 15.8. The van der Waals surface area contributed by atoms with E-state index < -0.39 is 0 Å². The summed E-state index contributed by atoms with van der Waals surface area (Å²) in [5.41, 5.74) is 4.85. The average molecular weight is 330 g/mol. The maximum Gasteiger partial charge on any atom is 0.138 e. The number of hydrogen-bond donors (Lipinski definition) is 0. The van der Waals surface area contributed by atoms with Crippen molar-refractivity contribution < 1.29 is 9.26 Å². The maximum atomic E-state index is 6.01. The van der Waals surface area contributed by atoms with E-state index in [1.54, 1.807) is 0 Å². The van der Waals surface area contributed by atoms with Crippen LogP contribution in [0.2, 0.25) is 0 Å². The van der Waals surface area contributed by atoms with Crippen molar-refractivity contribution in [3.63, 3.8) is 0 Å². The molecule has 3 heterocycles. The second-order valence-electron chi connectivity index (χ2n) is 7.33. The van der Waals surface area contributed by atoms with E-state index in [0.29, 0.717) is 5.92 Å². The molecule has 0 amide bonds. The molecular formula is C18H26N4O2. The summed E-state index contributed by atoms with van der Waals surface area (Å²) in [5, 5.41) is 8.56. The van der Waals surface area contributed by atoms with E-state index >= 15 is 0 Å². The molecular weight excluding hydrogens is 304 g/mol. The number of aromatic nitrogens is 3. The lowest BCUT2D eigenvalue weighted by molar-refractivity contribution is 0.0868. The van der Waals surface area contributed by atoms with Crippen LogP contribution in [0.15, 0.2) is 10.7 Å². The summed E-state index contributed by atoms with van der Waals surface area (Å²) < 4.78 is 13.3. The van der Waals surface area contributed by atoms with Gasteiger partial charge in [0, 0.05) is 56.0 Å². The van der Waals surface area contributed by atoms with Crippen LogP contribution in [0.4, 0.5) is 0 Å². The highest BCUT2D eigenvalue weighted by molar-refractivity contribution is 5.27. The average Bonchev–Trinajstić information content (AvgIpc) is 3.24. The molecule has 1 fully saturated rings. The van der Waals surface area contributed by atoms with Gasteiger partial charge in [-0.25, -0.2) is 0 Å². The lowest BCUT2D eigenvalue weighted by Crippen LogP contribution is -2.36. The third-order valence-electron chi connectivity index (χ3n) is 5.26. The Morgan fingerprint density at radius 2 is 2.12 bits per heavy atom. The summed E-state index contributed by atoms with van der Waals surface area (Å²) in [5.74, 6) is 2.10. The van der Waals surface area contributed by atoms with Crippen LogP contribution in [0, 0.1) is 19.8 Å².